The zero-order valence-corrected chi connectivity index (χ0v) is 17.4. The Kier molecular flexibility index (Phi) is 5.42. The van der Waals surface area contributed by atoms with Crippen LogP contribution in [-0.2, 0) is 10.0 Å². The van der Waals surface area contributed by atoms with Crippen LogP contribution in [0.3, 0.4) is 0 Å². The molecule has 0 aliphatic rings. The van der Waals surface area contributed by atoms with Gasteiger partial charge in [0.25, 0.3) is 5.91 Å². The van der Waals surface area contributed by atoms with E-state index < -0.39 is 27.3 Å². The molecular formula is C21H22FN3O3S. The van der Waals surface area contributed by atoms with Crippen LogP contribution in [-0.4, -0.2) is 24.8 Å². The molecule has 6 nitrogen and oxygen atoms in total. The summed E-state index contributed by atoms with van der Waals surface area (Å²) in [5.74, 6) is -0.831. The number of fused-ring (bicyclic) bond motifs is 1. The van der Waals surface area contributed by atoms with Crippen molar-refractivity contribution in [3.05, 3.63) is 65.6 Å². The van der Waals surface area contributed by atoms with Gasteiger partial charge in [-0.1, -0.05) is 6.07 Å². The van der Waals surface area contributed by atoms with Gasteiger partial charge in [0, 0.05) is 22.7 Å². The topological polar surface area (TPSA) is 88.2 Å². The number of pyridine rings is 1. The second kappa shape index (κ2) is 7.53. The van der Waals surface area contributed by atoms with E-state index in [1.165, 1.54) is 24.3 Å². The van der Waals surface area contributed by atoms with Crippen LogP contribution in [0.4, 0.5) is 10.1 Å². The van der Waals surface area contributed by atoms with Crippen molar-refractivity contribution >= 4 is 32.5 Å². The Morgan fingerprint density at radius 3 is 2.48 bits per heavy atom. The predicted octanol–water partition coefficient (Wildman–Crippen LogP) is 4.01. The highest BCUT2D eigenvalue weighted by Gasteiger charge is 2.22. The summed E-state index contributed by atoms with van der Waals surface area (Å²) >= 11 is 0. The first-order valence-corrected chi connectivity index (χ1v) is 10.5. The number of anilines is 1. The summed E-state index contributed by atoms with van der Waals surface area (Å²) in [5, 5.41) is 3.34. The first kappa shape index (κ1) is 20.9. The van der Waals surface area contributed by atoms with E-state index in [0.29, 0.717) is 27.8 Å². The number of carbonyl (C=O) groups is 1. The maximum atomic E-state index is 13.4. The normalized spacial score (nSPS) is 12.2. The first-order chi connectivity index (χ1) is 13.4. The lowest BCUT2D eigenvalue weighted by Crippen LogP contribution is -2.40. The van der Waals surface area contributed by atoms with Crippen LogP contribution in [0.5, 0.6) is 0 Å². The van der Waals surface area contributed by atoms with Crippen molar-refractivity contribution in [3.63, 3.8) is 0 Å². The summed E-state index contributed by atoms with van der Waals surface area (Å²) in [6, 6.07) is 11.8. The third-order valence-corrected chi connectivity index (χ3v) is 5.81. The van der Waals surface area contributed by atoms with Crippen molar-refractivity contribution < 1.29 is 17.6 Å². The van der Waals surface area contributed by atoms with Gasteiger partial charge in [0.1, 0.15) is 5.82 Å². The molecule has 0 aliphatic carbocycles. The number of hydrogen-bond acceptors (Lipinski definition) is 4. The fourth-order valence-electron chi connectivity index (χ4n) is 2.87. The number of aromatic nitrogens is 1. The van der Waals surface area contributed by atoms with E-state index in [0.717, 1.165) is 0 Å². The van der Waals surface area contributed by atoms with Gasteiger partial charge in [0.05, 0.1) is 21.7 Å². The molecule has 2 aromatic carbocycles. The quantitative estimate of drug-likeness (QED) is 0.674. The van der Waals surface area contributed by atoms with Crippen LogP contribution in [0.1, 0.15) is 36.8 Å². The Balaban J connectivity index is 1.89. The Hall–Kier alpha value is -2.84. The lowest BCUT2D eigenvalue weighted by molar-refractivity contribution is 0.102. The highest BCUT2D eigenvalue weighted by atomic mass is 32.2. The van der Waals surface area contributed by atoms with Crippen molar-refractivity contribution in [3.8, 4) is 0 Å². The summed E-state index contributed by atoms with van der Waals surface area (Å²) in [5.41, 5.74) is 0.931. The zero-order valence-electron chi connectivity index (χ0n) is 16.6. The van der Waals surface area contributed by atoms with Crippen LogP contribution in [0.2, 0.25) is 0 Å². The number of carbonyl (C=O) groups excluding carboxylic acids is 1. The second-order valence-electron chi connectivity index (χ2n) is 7.80. The Morgan fingerprint density at radius 2 is 1.79 bits per heavy atom. The van der Waals surface area contributed by atoms with Crippen molar-refractivity contribution in [1.29, 1.82) is 0 Å². The van der Waals surface area contributed by atoms with Gasteiger partial charge in [-0.05, 0) is 64.1 Å². The summed E-state index contributed by atoms with van der Waals surface area (Å²) < 4.78 is 41.0. The lowest BCUT2D eigenvalue weighted by atomic mass is 10.1. The molecule has 1 amide bonds. The van der Waals surface area contributed by atoms with Gasteiger partial charge >= 0.3 is 0 Å². The van der Waals surface area contributed by atoms with E-state index in [9.17, 15) is 17.6 Å². The molecule has 0 saturated carbocycles. The summed E-state index contributed by atoms with van der Waals surface area (Å²) in [6.07, 6.45) is 0. The summed E-state index contributed by atoms with van der Waals surface area (Å²) in [4.78, 5) is 17.1. The minimum absolute atomic E-state index is 0.0501. The molecule has 0 saturated heterocycles. The monoisotopic (exact) mass is 415 g/mol. The number of halogens is 1. The maximum absolute atomic E-state index is 13.4. The van der Waals surface area contributed by atoms with Gasteiger partial charge in [0.2, 0.25) is 10.0 Å². The number of benzene rings is 2. The van der Waals surface area contributed by atoms with Crippen LogP contribution < -0.4 is 10.0 Å². The molecule has 0 fully saturated rings. The molecule has 0 atom stereocenters. The van der Waals surface area contributed by atoms with Crippen molar-refractivity contribution in [2.45, 2.75) is 38.1 Å². The maximum Gasteiger partial charge on any atom is 0.257 e. The van der Waals surface area contributed by atoms with E-state index in [-0.39, 0.29) is 4.90 Å². The molecule has 2 N–H and O–H groups in total. The molecule has 3 rings (SSSR count). The summed E-state index contributed by atoms with van der Waals surface area (Å²) in [7, 11) is -3.73. The van der Waals surface area contributed by atoms with Gasteiger partial charge in [0.15, 0.2) is 0 Å². The molecular weight excluding hydrogens is 393 g/mol. The average molecular weight is 415 g/mol. The van der Waals surface area contributed by atoms with E-state index in [1.807, 2.05) is 0 Å². The van der Waals surface area contributed by atoms with Crippen LogP contribution in [0.25, 0.3) is 10.9 Å². The van der Waals surface area contributed by atoms with E-state index >= 15 is 0 Å². The number of aryl methyl sites for hydroxylation is 1. The number of sulfonamides is 1. The molecule has 0 aliphatic heterocycles. The number of amides is 1. The first-order valence-electron chi connectivity index (χ1n) is 8.97. The smallest absolute Gasteiger partial charge is 0.257 e. The summed E-state index contributed by atoms with van der Waals surface area (Å²) in [6.45, 7) is 6.90. The molecule has 29 heavy (non-hydrogen) atoms. The van der Waals surface area contributed by atoms with Gasteiger partial charge in [-0.15, -0.1) is 0 Å². The molecule has 0 radical (unpaired) electrons. The molecule has 0 bridgehead atoms. The molecule has 1 aromatic heterocycles. The number of rotatable bonds is 4. The number of nitrogens with zero attached hydrogens (tertiary/aromatic N) is 1. The fourth-order valence-corrected chi connectivity index (χ4v) is 4.33. The molecule has 1 heterocycles. The second-order valence-corrected chi connectivity index (χ2v) is 9.48. The predicted molar refractivity (Wildman–Crippen MR) is 111 cm³/mol. The fraction of sp³-hybridized carbons (Fsp3) is 0.238. The van der Waals surface area contributed by atoms with E-state index in [2.05, 4.69) is 15.0 Å². The van der Waals surface area contributed by atoms with Crippen LogP contribution >= 0.6 is 0 Å². The van der Waals surface area contributed by atoms with E-state index in [4.69, 9.17) is 0 Å². The third-order valence-electron chi connectivity index (χ3n) is 4.06. The van der Waals surface area contributed by atoms with Crippen molar-refractivity contribution in [2.24, 2.45) is 0 Å². The Morgan fingerprint density at radius 1 is 1.07 bits per heavy atom. The SMILES string of the molecule is Cc1nc2cc(F)ccc2cc1C(=O)Nc1cccc(S(=O)(=O)NC(C)(C)C)c1. The number of hydrogen-bond donors (Lipinski definition) is 2. The average Bonchev–Trinajstić information content (AvgIpc) is 2.59. The number of nitrogens with one attached hydrogen (secondary N) is 2. The van der Waals surface area contributed by atoms with Gasteiger partial charge < -0.3 is 5.32 Å². The van der Waals surface area contributed by atoms with Crippen molar-refractivity contribution in [2.75, 3.05) is 5.32 Å². The highest BCUT2D eigenvalue weighted by molar-refractivity contribution is 7.89. The van der Waals surface area contributed by atoms with E-state index in [1.54, 1.807) is 52.0 Å². The molecule has 8 heteroatoms. The standard InChI is InChI=1S/C21H22FN3O3S/c1-13-18(10-14-8-9-15(22)11-19(14)23-13)20(26)24-16-6-5-7-17(12-16)29(27,28)25-21(2,3)4/h5-12,25H,1-4H3,(H,24,26). The Labute approximate surface area is 169 Å². The molecule has 0 spiro atoms. The molecule has 152 valence electrons. The van der Waals surface area contributed by atoms with Gasteiger partial charge in [-0.3, -0.25) is 9.78 Å². The van der Waals surface area contributed by atoms with Gasteiger partial charge in [-0.25, -0.2) is 17.5 Å². The van der Waals surface area contributed by atoms with Crippen molar-refractivity contribution in [1.82, 2.24) is 9.71 Å². The van der Waals surface area contributed by atoms with Crippen LogP contribution in [0, 0.1) is 12.7 Å². The largest absolute Gasteiger partial charge is 0.322 e. The third kappa shape index (κ3) is 4.96. The molecule has 0 unspecified atom stereocenters. The lowest BCUT2D eigenvalue weighted by Gasteiger charge is -2.20. The van der Waals surface area contributed by atoms with Gasteiger partial charge in [-0.2, -0.15) is 0 Å². The minimum atomic E-state index is -3.73. The molecule has 3 aromatic rings. The minimum Gasteiger partial charge on any atom is -0.322 e. The van der Waals surface area contributed by atoms with Crippen LogP contribution in [0.15, 0.2) is 53.4 Å². The highest BCUT2D eigenvalue weighted by Crippen LogP contribution is 2.21. The Bertz CT molecular complexity index is 1200. The zero-order chi connectivity index (χ0) is 21.4.